The van der Waals surface area contributed by atoms with Gasteiger partial charge in [0, 0.05) is 12.0 Å². The van der Waals surface area contributed by atoms with Crippen molar-refractivity contribution in [3.63, 3.8) is 0 Å². The lowest BCUT2D eigenvalue weighted by atomic mass is 10.2. The molecule has 0 saturated heterocycles. The summed E-state index contributed by atoms with van der Waals surface area (Å²) >= 11 is 0. The van der Waals surface area contributed by atoms with E-state index in [2.05, 4.69) is 29.0 Å². The lowest BCUT2D eigenvalue weighted by molar-refractivity contribution is 0.732. The minimum atomic E-state index is 0.347. The van der Waals surface area contributed by atoms with Gasteiger partial charge in [0.05, 0.1) is 0 Å². The zero-order valence-corrected chi connectivity index (χ0v) is 7.07. The molecule has 0 amide bonds. The summed E-state index contributed by atoms with van der Waals surface area (Å²) < 4.78 is 1.59. The largest absolute Gasteiger partial charge is 0.384 e. The van der Waals surface area contributed by atoms with Crippen LogP contribution in [0.25, 0.3) is 5.65 Å². The van der Waals surface area contributed by atoms with Crippen molar-refractivity contribution in [2.75, 3.05) is 5.73 Å². The van der Waals surface area contributed by atoms with Crippen LogP contribution in [0.4, 0.5) is 5.82 Å². The Hall–Kier alpha value is -1.52. The SMILES string of the molecule is CC(C)c1nc2cc(N)[nH]n2n1. The topological polar surface area (TPSA) is 72.0 Å². The van der Waals surface area contributed by atoms with Crippen LogP contribution < -0.4 is 5.73 Å². The van der Waals surface area contributed by atoms with Crippen LogP contribution in [-0.4, -0.2) is 19.8 Å². The van der Waals surface area contributed by atoms with E-state index in [1.807, 2.05) is 0 Å². The highest BCUT2D eigenvalue weighted by Gasteiger charge is 2.08. The maximum Gasteiger partial charge on any atom is 0.177 e. The number of H-pyrrole nitrogens is 1. The summed E-state index contributed by atoms with van der Waals surface area (Å²) in [5, 5.41) is 7.06. The average molecular weight is 165 g/mol. The first kappa shape index (κ1) is 7.15. The number of hydrogen-bond donors (Lipinski definition) is 2. The molecule has 2 rings (SSSR count). The van der Waals surface area contributed by atoms with Crippen molar-refractivity contribution < 1.29 is 0 Å². The van der Waals surface area contributed by atoms with Crippen LogP contribution in [0.5, 0.6) is 0 Å². The Balaban J connectivity index is 2.57. The first-order valence-corrected chi connectivity index (χ1v) is 3.88. The Morgan fingerprint density at radius 3 is 2.92 bits per heavy atom. The molecule has 2 aromatic rings. The van der Waals surface area contributed by atoms with E-state index in [9.17, 15) is 0 Å². The van der Waals surface area contributed by atoms with Gasteiger partial charge >= 0.3 is 0 Å². The number of nitrogen functional groups attached to an aromatic ring is 1. The van der Waals surface area contributed by atoms with Crippen LogP contribution in [0.3, 0.4) is 0 Å². The summed E-state index contributed by atoms with van der Waals surface area (Å²) in [6.07, 6.45) is 0. The molecule has 64 valence electrons. The smallest absolute Gasteiger partial charge is 0.177 e. The molecule has 5 nitrogen and oxygen atoms in total. The summed E-state index contributed by atoms with van der Waals surface area (Å²) in [4.78, 5) is 4.27. The number of anilines is 1. The second-order valence-corrected chi connectivity index (χ2v) is 3.11. The predicted octanol–water partition coefficient (Wildman–Crippen LogP) is 0.763. The highest BCUT2D eigenvalue weighted by molar-refractivity contribution is 5.47. The van der Waals surface area contributed by atoms with Gasteiger partial charge in [-0.2, -0.15) is 4.63 Å². The molecule has 0 saturated carbocycles. The van der Waals surface area contributed by atoms with Crippen LogP contribution in [0.15, 0.2) is 6.07 Å². The van der Waals surface area contributed by atoms with Gasteiger partial charge in [0.2, 0.25) is 0 Å². The van der Waals surface area contributed by atoms with E-state index in [0.717, 1.165) is 11.5 Å². The van der Waals surface area contributed by atoms with Crippen LogP contribution >= 0.6 is 0 Å². The van der Waals surface area contributed by atoms with E-state index in [0.29, 0.717) is 11.7 Å². The van der Waals surface area contributed by atoms with Crippen molar-refractivity contribution in [2.45, 2.75) is 19.8 Å². The fourth-order valence-electron chi connectivity index (χ4n) is 1.05. The molecule has 0 aliphatic carbocycles. The zero-order valence-electron chi connectivity index (χ0n) is 7.07. The normalized spacial score (nSPS) is 11.6. The van der Waals surface area contributed by atoms with Gasteiger partial charge < -0.3 is 5.73 Å². The number of fused-ring (bicyclic) bond motifs is 1. The maximum absolute atomic E-state index is 5.50. The van der Waals surface area contributed by atoms with Crippen molar-refractivity contribution in [3.05, 3.63) is 11.9 Å². The van der Waals surface area contributed by atoms with Gasteiger partial charge in [-0.15, -0.1) is 5.10 Å². The third kappa shape index (κ3) is 0.939. The van der Waals surface area contributed by atoms with Crippen molar-refractivity contribution in [2.24, 2.45) is 0 Å². The standard InChI is InChI=1S/C7H11N5/c1-4(2)7-9-6-3-5(8)10-12(6)11-7/h3-4,10H,8H2,1-2H3. The number of aromatic nitrogens is 4. The van der Waals surface area contributed by atoms with Gasteiger partial charge in [0.15, 0.2) is 11.5 Å². The number of rotatable bonds is 1. The molecule has 0 fully saturated rings. The Bertz CT molecular complexity index is 365. The summed E-state index contributed by atoms with van der Waals surface area (Å²) in [5.74, 6) is 1.76. The summed E-state index contributed by atoms with van der Waals surface area (Å²) in [6, 6.07) is 1.76. The molecule has 0 unspecified atom stereocenters. The molecule has 0 radical (unpaired) electrons. The first-order chi connectivity index (χ1) is 5.66. The van der Waals surface area contributed by atoms with E-state index in [-0.39, 0.29) is 0 Å². The quantitative estimate of drug-likeness (QED) is 0.655. The van der Waals surface area contributed by atoms with Crippen molar-refractivity contribution >= 4 is 11.5 Å². The number of nitrogens with two attached hydrogens (primary N) is 1. The molecule has 0 aromatic carbocycles. The van der Waals surface area contributed by atoms with Crippen molar-refractivity contribution in [3.8, 4) is 0 Å². The number of nitrogens with one attached hydrogen (secondary N) is 1. The lowest BCUT2D eigenvalue weighted by Gasteiger charge is -1.93. The number of hydrogen-bond acceptors (Lipinski definition) is 3. The molecule has 0 atom stereocenters. The average Bonchev–Trinajstić information content (AvgIpc) is 2.42. The molecule has 0 aliphatic rings. The van der Waals surface area contributed by atoms with Gasteiger partial charge in [0.1, 0.15) is 5.82 Å². The predicted molar refractivity (Wildman–Crippen MR) is 45.8 cm³/mol. The van der Waals surface area contributed by atoms with Gasteiger partial charge in [-0.05, 0) is 0 Å². The Morgan fingerprint density at radius 2 is 2.33 bits per heavy atom. The summed E-state index contributed by atoms with van der Waals surface area (Å²) in [5.41, 5.74) is 6.28. The summed E-state index contributed by atoms with van der Waals surface area (Å²) in [7, 11) is 0. The Morgan fingerprint density at radius 1 is 1.58 bits per heavy atom. The fourth-order valence-corrected chi connectivity index (χ4v) is 1.05. The molecule has 2 heterocycles. The minimum Gasteiger partial charge on any atom is -0.384 e. The molecule has 5 heteroatoms. The summed E-state index contributed by atoms with van der Waals surface area (Å²) in [6.45, 7) is 4.11. The molecular weight excluding hydrogens is 154 g/mol. The Labute approximate surface area is 69.6 Å². The van der Waals surface area contributed by atoms with Gasteiger partial charge in [-0.1, -0.05) is 13.8 Å². The van der Waals surface area contributed by atoms with Crippen molar-refractivity contribution in [1.82, 2.24) is 19.8 Å². The van der Waals surface area contributed by atoms with E-state index < -0.39 is 0 Å². The third-order valence-electron chi connectivity index (χ3n) is 1.68. The number of nitrogens with zero attached hydrogens (tertiary/aromatic N) is 3. The van der Waals surface area contributed by atoms with E-state index in [1.54, 1.807) is 10.7 Å². The van der Waals surface area contributed by atoms with E-state index in [4.69, 9.17) is 5.73 Å². The van der Waals surface area contributed by atoms with Crippen LogP contribution in [-0.2, 0) is 0 Å². The molecule has 3 N–H and O–H groups in total. The highest BCUT2D eigenvalue weighted by Crippen LogP contribution is 2.11. The highest BCUT2D eigenvalue weighted by atomic mass is 15.5. The lowest BCUT2D eigenvalue weighted by Crippen LogP contribution is -1.94. The molecular formula is C7H11N5. The fraction of sp³-hybridized carbons (Fsp3) is 0.429. The maximum atomic E-state index is 5.50. The van der Waals surface area contributed by atoms with E-state index in [1.165, 1.54) is 0 Å². The van der Waals surface area contributed by atoms with Crippen LogP contribution in [0.2, 0.25) is 0 Å². The van der Waals surface area contributed by atoms with Crippen LogP contribution in [0.1, 0.15) is 25.6 Å². The molecule has 0 spiro atoms. The second-order valence-electron chi connectivity index (χ2n) is 3.11. The molecule has 2 aromatic heterocycles. The zero-order chi connectivity index (χ0) is 8.72. The minimum absolute atomic E-state index is 0.347. The molecule has 0 aliphatic heterocycles. The second kappa shape index (κ2) is 2.23. The van der Waals surface area contributed by atoms with Gasteiger partial charge in [-0.25, -0.2) is 4.98 Å². The van der Waals surface area contributed by atoms with Crippen LogP contribution in [0, 0.1) is 0 Å². The Kier molecular flexibility index (Phi) is 1.33. The van der Waals surface area contributed by atoms with Gasteiger partial charge in [-0.3, -0.25) is 5.10 Å². The third-order valence-corrected chi connectivity index (χ3v) is 1.68. The van der Waals surface area contributed by atoms with Gasteiger partial charge in [0.25, 0.3) is 0 Å². The first-order valence-electron chi connectivity index (χ1n) is 3.88. The molecule has 12 heavy (non-hydrogen) atoms. The monoisotopic (exact) mass is 165 g/mol. The number of aromatic amines is 1. The van der Waals surface area contributed by atoms with Crippen molar-refractivity contribution in [1.29, 1.82) is 0 Å². The van der Waals surface area contributed by atoms with E-state index >= 15 is 0 Å². The molecule has 0 bridgehead atoms.